The van der Waals surface area contributed by atoms with E-state index in [2.05, 4.69) is 0 Å². The summed E-state index contributed by atoms with van der Waals surface area (Å²) in [6.07, 6.45) is 0. The predicted molar refractivity (Wildman–Crippen MR) is 230 cm³/mol. The van der Waals surface area contributed by atoms with Gasteiger partial charge in [-0.25, -0.2) is 0 Å². The summed E-state index contributed by atoms with van der Waals surface area (Å²) in [6, 6.07) is -8.58. The molecule has 1 unspecified atom stereocenters. The van der Waals surface area contributed by atoms with Gasteiger partial charge in [-0.2, -0.15) is 0 Å². The third kappa shape index (κ3) is 3.97. The van der Waals surface area contributed by atoms with Gasteiger partial charge < -0.3 is 4.90 Å². The van der Waals surface area contributed by atoms with E-state index < -0.39 is 161 Å². The van der Waals surface area contributed by atoms with E-state index in [9.17, 15) is 15.1 Å². The van der Waals surface area contributed by atoms with Gasteiger partial charge in [0, 0.05) is 22.5 Å². The summed E-state index contributed by atoms with van der Waals surface area (Å²) in [6.45, 7) is 3.39. The SMILES string of the molecule is [2H]c1cc2c3c(c([2H])c([2H])c2c([2H])c1[2H])-c1c([2H])c([2H])c([2H])c([2H])c1C31c2cc(N(c3ccc4c(c3[2H])C(C)(C)c3c-4cc4c([2H])c([2H])c([2H])c([2H])c4c3[2H])c3c([2H])c([2H])c([2H])c([2H])c3[2H])cc([2H])c2-c2c([2H])c([2H])c([2H])c([2H])c21. The average Bonchev–Trinajstić information content (AvgIpc) is 3.06. The smallest absolute Gasteiger partial charge is 0.0732 e. The number of fused-ring (bicyclic) bond motifs is 16. The molecule has 12 rings (SSSR count). The molecule has 0 aliphatic heterocycles. The van der Waals surface area contributed by atoms with E-state index in [4.69, 9.17) is 19.2 Å². The molecule has 55 heavy (non-hydrogen) atoms. The molecule has 3 aliphatic carbocycles. The van der Waals surface area contributed by atoms with Gasteiger partial charge in [-0.3, -0.25) is 0 Å². The molecule has 9 aromatic rings. The van der Waals surface area contributed by atoms with Gasteiger partial charge in [0.2, 0.25) is 0 Å². The molecule has 0 saturated carbocycles. The first kappa shape index (κ1) is 15.2. The Hall–Kier alpha value is -6.70. The highest BCUT2D eigenvalue weighted by molar-refractivity contribution is 6.04. The van der Waals surface area contributed by atoms with Crippen molar-refractivity contribution in [2.45, 2.75) is 24.7 Å². The van der Waals surface area contributed by atoms with E-state index in [0.717, 1.165) is 11.0 Å². The number of hydrogen-bond donors (Lipinski definition) is 0. The molecule has 0 saturated heterocycles. The largest absolute Gasteiger partial charge is 0.310 e. The molecule has 0 aromatic heterocycles. The van der Waals surface area contributed by atoms with Crippen LogP contribution in [-0.2, 0) is 10.8 Å². The van der Waals surface area contributed by atoms with Gasteiger partial charge in [-0.15, -0.1) is 0 Å². The van der Waals surface area contributed by atoms with Gasteiger partial charge in [-0.1, -0.05) is 153 Å². The Morgan fingerprint density at radius 3 is 1.87 bits per heavy atom. The molecule has 0 heterocycles. The summed E-state index contributed by atoms with van der Waals surface area (Å²) in [4.78, 5) is 1.11. The standard InChI is InChI=1S/C54H37N/c1-53(2)49-31-36-16-7-6-15-35(36)30-46(49)44-29-26-38(32-50(44)53)55(37-17-4-3-5-18-37)39-25-28-43-41-20-10-12-22-47(41)54(51(43)33-39)48-23-13-11-21-42(48)45-27-24-34-14-8-9-19-40(34)52(45)54/h3-33H,1-2H3/i3D,4D,5D,6D,7D,8D,9D,10D,11D,12D,13D,14D,15D,16D,17D,18D,20D,21D,22D,23D,24D,27D,28D,31D,32D. The predicted octanol–water partition coefficient (Wildman–Crippen LogP) is 14.1. The summed E-state index contributed by atoms with van der Waals surface area (Å²) < 4.78 is 230. The molecule has 3 aliphatic rings. The number of anilines is 3. The lowest BCUT2D eigenvalue weighted by molar-refractivity contribution is 0.661. The van der Waals surface area contributed by atoms with Crippen molar-refractivity contribution in [1.29, 1.82) is 0 Å². The molecule has 0 fully saturated rings. The van der Waals surface area contributed by atoms with Gasteiger partial charge in [0.05, 0.1) is 39.7 Å². The number of para-hydroxylation sites is 1. The third-order valence-electron chi connectivity index (χ3n) is 11.1. The van der Waals surface area contributed by atoms with Gasteiger partial charge in [-0.05, 0) is 137 Å². The van der Waals surface area contributed by atoms with Crippen LogP contribution < -0.4 is 4.90 Å². The number of hydrogen-bond acceptors (Lipinski definition) is 1. The monoisotopic (exact) mass is 724 g/mol. The van der Waals surface area contributed by atoms with Crippen LogP contribution in [0.4, 0.5) is 17.1 Å². The molecule has 0 radical (unpaired) electrons. The Morgan fingerprint density at radius 2 is 1.05 bits per heavy atom. The van der Waals surface area contributed by atoms with E-state index in [1.54, 1.807) is 19.9 Å². The average molecular weight is 725 g/mol. The van der Waals surface area contributed by atoms with E-state index in [-0.39, 0.29) is 89.5 Å². The minimum atomic E-state index is -2.51. The lowest BCUT2D eigenvalue weighted by Gasteiger charge is -2.33. The van der Waals surface area contributed by atoms with E-state index >= 15 is 0 Å². The normalized spacial score (nSPS) is 22.8. The summed E-state index contributed by atoms with van der Waals surface area (Å²) in [5, 5.41) is -0.615. The van der Waals surface area contributed by atoms with E-state index in [1.807, 2.05) is 0 Å². The second kappa shape index (κ2) is 10.9. The zero-order valence-electron chi connectivity index (χ0n) is 53.9. The van der Waals surface area contributed by atoms with Crippen LogP contribution in [0.1, 0.15) is 81.5 Å². The summed E-state index contributed by atoms with van der Waals surface area (Å²) >= 11 is 0. The van der Waals surface area contributed by atoms with E-state index in [0.29, 0.717) is 16.7 Å². The number of nitrogens with zero attached hydrogens (tertiary/aromatic N) is 1. The van der Waals surface area contributed by atoms with Crippen LogP contribution in [0.3, 0.4) is 0 Å². The quantitative estimate of drug-likeness (QED) is 0.175. The molecular weight excluding hydrogens is 663 g/mol. The van der Waals surface area contributed by atoms with Gasteiger partial charge in [0.25, 0.3) is 0 Å². The van der Waals surface area contributed by atoms with Crippen LogP contribution in [0.25, 0.3) is 54.9 Å². The lowest BCUT2D eigenvalue weighted by Crippen LogP contribution is -2.26. The molecule has 0 amide bonds. The molecule has 1 spiro atoms. The van der Waals surface area contributed by atoms with Crippen molar-refractivity contribution in [3.63, 3.8) is 0 Å². The Morgan fingerprint density at radius 1 is 0.400 bits per heavy atom. The molecular formula is C54H37N. The molecule has 0 bridgehead atoms. The minimum absolute atomic E-state index is 0.0415. The van der Waals surface area contributed by atoms with Crippen LogP contribution >= 0.6 is 0 Å². The molecule has 9 aromatic carbocycles. The fraction of sp³-hybridized carbons (Fsp3) is 0.0741. The van der Waals surface area contributed by atoms with Crippen molar-refractivity contribution in [3.05, 3.63) is 221 Å². The molecule has 0 N–H and O–H groups in total. The van der Waals surface area contributed by atoms with Crippen LogP contribution in [-0.4, -0.2) is 0 Å². The minimum Gasteiger partial charge on any atom is -0.310 e. The highest BCUT2D eigenvalue weighted by Crippen LogP contribution is 2.64. The van der Waals surface area contributed by atoms with Crippen molar-refractivity contribution >= 4 is 38.6 Å². The maximum atomic E-state index is 10.2. The first-order valence-corrected chi connectivity index (χ1v) is 17.4. The number of benzene rings is 9. The summed E-state index contributed by atoms with van der Waals surface area (Å²) in [5.41, 5.74) is -6.22. The van der Waals surface area contributed by atoms with Crippen molar-refractivity contribution in [2.75, 3.05) is 4.90 Å². The van der Waals surface area contributed by atoms with Crippen LogP contribution in [0.2, 0.25) is 0 Å². The Balaban J connectivity index is 1.28. The Bertz CT molecular complexity index is 4500. The third-order valence-corrected chi connectivity index (χ3v) is 11.1. The van der Waals surface area contributed by atoms with Crippen molar-refractivity contribution in [1.82, 2.24) is 0 Å². The zero-order valence-corrected chi connectivity index (χ0v) is 28.9. The second-order valence-electron chi connectivity index (χ2n) is 14.1. The molecule has 1 nitrogen and oxygen atoms in total. The Labute approximate surface area is 356 Å². The Kier molecular flexibility index (Phi) is 3.02. The topological polar surface area (TPSA) is 3.24 Å². The maximum absolute atomic E-state index is 10.2. The lowest BCUT2D eigenvalue weighted by atomic mass is 9.69. The van der Waals surface area contributed by atoms with Crippen molar-refractivity contribution < 1.29 is 34.3 Å². The first-order valence-electron chi connectivity index (χ1n) is 29.9. The highest BCUT2D eigenvalue weighted by Gasteiger charge is 2.52. The first-order chi connectivity index (χ1) is 37.4. The molecule has 258 valence electrons. The zero-order chi connectivity index (χ0) is 58.2. The number of rotatable bonds is 3. The van der Waals surface area contributed by atoms with E-state index in [1.165, 1.54) is 24.3 Å². The summed E-state index contributed by atoms with van der Waals surface area (Å²) in [7, 11) is 0. The fourth-order valence-corrected chi connectivity index (χ4v) is 8.84. The van der Waals surface area contributed by atoms with Gasteiger partial charge in [0.1, 0.15) is 0 Å². The highest BCUT2D eigenvalue weighted by atomic mass is 15.1. The molecule has 1 heteroatoms. The molecule has 1 atom stereocenters. The fourth-order valence-electron chi connectivity index (χ4n) is 8.84. The maximum Gasteiger partial charge on any atom is 0.0732 e. The van der Waals surface area contributed by atoms with Crippen LogP contribution in [0.5, 0.6) is 0 Å². The van der Waals surface area contributed by atoms with Gasteiger partial charge in [0.15, 0.2) is 0 Å². The van der Waals surface area contributed by atoms with Crippen LogP contribution in [0, 0.1) is 0 Å². The van der Waals surface area contributed by atoms with Crippen LogP contribution in [0.15, 0.2) is 187 Å². The van der Waals surface area contributed by atoms with Crippen molar-refractivity contribution in [3.8, 4) is 33.4 Å². The van der Waals surface area contributed by atoms with Gasteiger partial charge >= 0.3 is 0 Å². The second-order valence-corrected chi connectivity index (χ2v) is 14.1. The van der Waals surface area contributed by atoms with Crippen molar-refractivity contribution in [2.24, 2.45) is 0 Å². The summed E-state index contributed by atoms with van der Waals surface area (Å²) in [5.74, 6) is 0.